The third kappa shape index (κ3) is 11.4. The van der Waals surface area contributed by atoms with Crippen LogP contribution in [0.25, 0.3) is 34.4 Å². The van der Waals surface area contributed by atoms with Gasteiger partial charge in [0.1, 0.15) is 0 Å². The molecule has 0 saturated carbocycles. The minimum Gasteiger partial charge on any atom is -0.461 e. The molecule has 4 amide bonds. The molecule has 372 valence electrons. The number of hydrogen-bond donors (Lipinski definition) is 0. The average Bonchev–Trinajstić information content (AvgIpc) is 4.13. The predicted molar refractivity (Wildman–Crippen MR) is 272 cm³/mol. The number of rotatable bonds is 14. The maximum atomic E-state index is 13.6. The third-order valence-corrected chi connectivity index (χ3v) is 14.0. The summed E-state index contributed by atoms with van der Waals surface area (Å²) in [6.45, 7) is 0.555. The smallest absolute Gasteiger partial charge is 0.298 e. The van der Waals surface area contributed by atoms with Crippen molar-refractivity contribution < 1.29 is 47.4 Å². The van der Waals surface area contributed by atoms with Crippen molar-refractivity contribution in [1.82, 2.24) is 19.6 Å². The topological polar surface area (TPSA) is 228 Å². The number of nitro groups is 2. The molecule has 2 aromatic heterocycles. The number of carbonyl (C=O) groups excluding carboxylic acids is 6. The maximum Gasteiger partial charge on any atom is 0.298 e. The van der Waals surface area contributed by atoms with Crippen LogP contribution in [0.4, 0.5) is 11.4 Å². The van der Waals surface area contributed by atoms with Crippen molar-refractivity contribution in [3.8, 4) is 22.3 Å². The van der Waals surface area contributed by atoms with Crippen molar-refractivity contribution in [2.45, 2.75) is 9.79 Å². The summed E-state index contributed by atoms with van der Waals surface area (Å²) in [6, 6.07) is 20.1. The lowest BCUT2D eigenvalue weighted by molar-refractivity contribution is -0.387. The molecule has 0 radical (unpaired) electrons. The van der Waals surface area contributed by atoms with E-state index in [1.165, 1.54) is 141 Å². The van der Waals surface area contributed by atoms with E-state index in [-0.39, 0.29) is 127 Å². The zero-order chi connectivity index (χ0) is 52.1. The van der Waals surface area contributed by atoms with Gasteiger partial charge in [-0.25, -0.2) is 0 Å². The van der Waals surface area contributed by atoms with Gasteiger partial charge in [-0.3, -0.25) is 49.0 Å². The van der Waals surface area contributed by atoms with Crippen LogP contribution in [0.1, 0.15) is 32.2 Å². The molecule has 2 aliphatic rings. The molecule has 2 saturated heterocycles. The zero-order valence-corrected chi connectivity index (χ0v) is 41.5. The molecule has 0 aliphatic carbocycles. The molecule has 4 aromatic carbocycles. The summed E-state index contributed by atoms with van der Waals surface area (Å²) in [5.41, 5.74) is -0.440. The third-order valence-electron chi connectivity index (χ3n) is 11.8. The normalized spacial score (nSPS) is 14.0. The molecule has 2 fully saturated rings. The quantitative estimate of drug-likeness (QED) is 0.0326. The standard InChI is InChI=1S/C50H36Cl4N6O12S/c51-31-9-11-33(35(53)27-31)43-29(7-15-41(61)55-17-21-57(22-18-55)49(65)47(63)37-3-1-25-71-37)5-13-39(45(43)59(67)68)73-40-14-6-30(44(46(40)60(69)70)34-12-10-32(52)28-36(34)54)8-16-42(62)56-19-23-58(24-20-56)50(66)48(64)38-4-2-26-72-38/h1-16,25-28H,17-24H2/b15-7+,16-8+. The average molecular weight is 1090 g/mol. The molecule has 6 aromatic rings. The van der Waals surface area contributed by atoms with Crippen molar-refractivity contribution in [1.29, 1.82) is 0 Å². The van der Waals surface area contributed by atoms with E-state index in [0.717, 1.165) is 0 Å². The van der Waals surface area contributed by atoms with E-state index in [0.29, 0.717) is 11.8 Å². The number of halogens is 4. The molecular formula is C50H36Cl4N6O12S. The van der Waals surface area contributed by atoms with Gasteiger partial charge in [-0.2, -0.15) is 0 Å². The molecule has 0 unspecified atom stereocenters. The van der Waals surface area contributed by atoms with Crippen LogP contribution >= 0.6 is 58.2 Å². The highest BCUT2D eigenvalue weighted by atomic mass is 35.5. The van der Waals surface area contributed by atoms with Crippen molar-refractivity contribution in [3.05, 3.63) is 173 Å². The van der Waals surface area contributed by atoms with Gasteiger partial charge in [0.2, 0.25) is 11.8 Å². The van der Waals surface area contributed by atoms with Crippen LogP contribution < -0.4 is 0 Å². The fraction of sp³-hybridized carbons (Fsp3) is 0.160. The second kappa shape index (κ2) is 22.5. The highest BCUT2D eigenvalue weighted by molar-refractivity contribution is 7.99. The summed E-state index contributed by atoms with van der Waals surface area (Å²) >= 11 is 26.6. The Kier molecular flexibility index (Phi) is 15.9. The Morgan fingerprint density at radius 1 is 0.521 bits per heavy atom. The molecular weight excluding hydrogens is 1050 g/mol. The first-order valence-electron chi connectivity index (χ1n) is 21.9. The predicted octanol–water partition coefficient (Wildman–Crippen LogP) is 9.92. The van der Waals surface area contributed by atoms with Gasteiger partial charge in [0, 0.05) is 85.7 Å². The zero-order valence-electron chi connectivity index (χ0n) is 37.7. The number of nitro benzene ring substituents is 2. The molecule has 73 heavy (non-hydrogen) atoms. The molecule has 0 spiro atoms. The summed E-state index contributed by atoms with van der Waals surface area (Å²) < 4.78 is 10.1. The number of nitrogens with zero attached hydrogens (tertiary/aromatic N) is 6. The first-order chi connectivity index (χ1) is 35.0. The van der Waals surface area contributed by atoms with Gasteiger partial charge in [0.15, 0.2) is 11.5 Å². The number of ketones is 2. The van der Waals surface area contributed by atoms with Gasteiger partial charge < -0.3 is 28.4 Å². The minimum absolute atomic E-state index is 0.0236. The molecule has 0 bridgehead atoms. The van der Waals surface area contributed by atoms with E-state index in [2.05, 4.69) is 0 Å². The van der Waals surface area contributed by atoms with Gasteiger partial charge in [0.25, 0.3) is 34.8 Å². The number of hydrogen-bond acceptors (Lipinski definition) is 13. The summed E-state index contributed by atoms with van der Waals surface area (Å²) in [7, 11) is 0. The molecule has 18 nitrogen and oxygen atoms in total. The SMILES string of the molecule is O=C(C(=O)N1CCN(C(=O)/C=C/c2ccc(Sc3ccc(/C=C/C(=O)N4CCN(C(=O)C(=O)c5ccco5)CC4)c(-c4ccc(Cl)cc4Cl)c3[N+](=O)[O-])c([N+](=O)[O-])c2-c2ccc(Cl)cc2Cl)CC1)c1ccco1. The second-order valence-electron chi connectivity index (χ2n) is 16.1. The second-order valence-corrected chi connectivity index (χ2v) is 18.9. The van der Waals surface area contributed by atoms with E-state index in [4.69, 9.17) is 55.2 Å². The van der Waals surface area contributed by atoms with E-state index < -0.39 is 56.4 Å². The monoisotopic (exact) mass is 1080 g/mol. The highest BCUT2D eigenvalue weighted by Gasteiger charge is 2.34. The lowest BCUT2D eigenvalue weighted by Gasteiger charge is -2.33. The van der Waals surface area contributed by atoms with Gasteiger partial charge in [-0.15, -0.1) is 0 Å². The van der Waals surface area contributed by atoms with Crippen molar-refractivity contribution in [3.63, 3.8) is 0 Å². The fourth-order valence-corrected chi connectivity index (χ4v) is 10.2. The van der Waals surface area contributed by atoms with Crippen LogP contribution in [-0.4, -0.2) is 117 Å². The molecule has 23 heteroatoms. The molecule has 8 rings (SSSR count). The van der Waals surface area contributed by atoms with Gasteiger partial charge in [-0.05, 0) is 83.9 Å². The van der Waals surface area contributed by atoms with Crippen LogP contribution in [0, 0.1) is 20.2 Å². The number of Topliss-reactive ketones (excluding diaryl/α,β-unsaturated/α-hetero) is 2. The Hall–Kier alpha value is -7.55. The summed E-state index contributed by atoms with van der Waals surface area (Å²) in [4.78, 5) is 109. The van der Waals surface area contributed by atoms with Crippen LogP contribution in [-0.2, 0) is 19.2 Å². The van der Waals surface area contributed by atoms with E-state index in [9.17, 15) is 49.0 Å². The molecule has 0 atom stereocenters. The van der Waals surface area contributed by atoms with Crippen molar-refractivity contribution in [2.24, 2.45) is 0 Å². The Morgan fingerprint density at radius 2 is 0.890 bits per heavy atom. The number of carbonyl (C=O) groups is 6. The summed E-state index contributed by atoms with van der Waals surface area (Å²) in [5, 5.41) is 27.1. The van der Waals surface area contributed by atoms with E-state index >= 15 is 0 Å². The summed E-state index contributed by atoms with van der Waals surface area (Å²) in [6.07, 6.45) is 7.72. The maximum absolute atomic E-state index is 13.6. The number of benzene rings is 4. The van der Waals surface area contributed by atoms with Gasteiger partial charge in [0.05, 0.1) is 53.3 Å². The van der Waals surface area contributed by atoms with Crippen molar-refractivity contribution >= 4 is 117 Å². The Morgan fingerprint density at radius 3 is 1.22 bits per heavy atom. The van der Waals surface area contributed by atoms with Crippen LogP contribution in [0.2, 0.25) is 20.1 Å². The fourth-order valence-electron chi connectivity index (χ4n) is 8.16. The summed E-state index contributed by atoms with van der Waals surface area (Å²) in [5.74, 6) is -4.38. The van der Waals surface area contributed by atoms with Crippen LogP contribution in [0.15, 0.2) is 128 Å². The Bertz CT molecular complexity index is 3060. The lowest BCUT2D eigenvalue weighted by atomic mass is 9.97. The lowest BCUT2D eigenvalue weighted by Crippen LogP contribution is -2.51. The Balaban J connectivity index is 1.10. The highest BCUT2D eigenvalue weighted by Crippen LogP contribution is 2.50. The number of piperazine rings is 2. The van der Waals surface area contributed by atoms with Gasteiger partial charge in [-0.1, -0.05) is 82.4 Å². The van der Waals surface area contributed by atoms with E-state index in [1.54, 1.807) is 0 Å². The molecule has 0 N–H and O–H groups in total. The molecule has 4 heterocycles. The minimum atomic E-state index is -0.817. The first-order valence-corrected chi connectivity index (χ1v) is 24.2. The number of furan rings is 2. The largest absolute Gasteiger partial charge is 0.461 e. The first kappa shape index (κ1) is 51.8. The van der Waals surface area contributed by atoms with Crippen LogP contribution in [0.5, 0.6) is 0 Å². The van der Waals surface area contributed by atoms with Crippen LogP contribution in [0.3, 0.4) is 0 Å². The molecule has 2 aliphatic heterocycles. The van der Waals surface area contributed by atoms with Gasteiger partial charge >= 0.3 is 0 Å². The van der Waals surface area contributed by atoms with E-state index in [1.807, 2.05) is 0 Å². The van der Waals surface area contributed by atoms with Crippen molar-refractivity contribution in [2.75, 3.05) is 52.4 Å². The number of amides is 4. The Labute approximate surface area is 438 Å².